The third-order valence-corrected chi connectivity index (χ3v) is 3.80. The smallest absolute Gasteiger partial charge is 0.256 e. The predicted octanol–water partition coefficient (Wildman–Crippen LogP) is 2.10. The third-order valence-electron chi connectivity index (χ3n) is 3.80. The second kappa shape index (κ2) is 7.48. The van der Waals surface area contributed by atoms with E-state index >= 15 is 0 Å². The fourth-order valence-electron chi connectivity index (χ4n) is 2.41. The number of H-pyrrole nitrogens is 1. The van der Waals surface area contributed by atoms with Crippen LogP contribution in [0, 0.1) is 0 Å². The molecule has 27 heavy (non-hydrogen) atoms. The number of nitrogen functional groups attached to an aromatic ring is 1. The molecule has 0 atom stereocenters. The van der Waals surface area contributed by atoms with Crippen LogP contribution in [0.3, 0.4) is 0 Å². The lowest BCUT2D eigenvalue weighted by Crippen LogP contribution is -2.14. The summed E-state index contributed by atoms with van der Waals surface area (Å²) in [6.45, 7) is 0. The molecule has 9 heteroatoms. The third kappa shape index (κ3) is 3.98. The fraction of sp³-hybridized carbons (Fsp3) is 0.0556. The van der Waals surface area contributed by atoms with E-state index in [1.54, 1.807) is 55.6 Å². The molecule has 9 nitrogen and oxygen atoms in total. The number of ether oxygens (including phenoxy) is 1. The van der Waals surface area contributed by atoms with Crippen molar-refractivity contribution in [2.24, 2.45) is 5.73 Å². The van der Waals surface area contributed by atoms with Crippen molar-refractivity contribution in [2.45, 2.75) is 0 Å². The first-order valence-electron chi connectivity index (χ1n) is 7.94. The number of rotatable bonds is 6. The number of carbonyl (C=O) groups is 2. The molecule has 2 aromatic carbocycles. The van der Waals surface area contributed by atoms with E-state index in [-0.39, 0.29) is 23.1 Å². The summed E-state index contributed by atoms with van der Waals surface area (Å²) >= 11 is 0. The maximum absolute atomic E-state index is 12.3. The molecule has 0 aliphatic carbocycles. The number of methoxy groups -OCH3 is 1. The first-order valence-corrected chi connectivity index (χ1v) is 7.94. The molecule has 0 radical (unpaired) electrons. The van der Waals surface area contributed by atoms with E-state index in [0.29, 0.717) is 22.7 Å². The number of amides is 2. The average molecular weight is 366 g/mol. The summed E-state index contributed by atoms with van der Waals surface area (Å²) in [5.41, 5.74) is 12.8. The monoisotopic (exact) mass is 366 g/mol. The Kier molecular flexibility index (Phi) is 4.93. The van der Waals surface area contributed by atoms with Gasteiger partial charge in [0.15, 0.2) is 5.82 Å². The molecule has 0 fully saturated rings. The summed E-state index contributed by atoms with van der Waals surface area (Å²) < 4.78 is 5.07. The van der Waals surface area contributed by atoms with Crippen LogP contribution >= 0.6 is 0 Å². The highest BCUT2D eigenvalue weighted by molar-refractivity contribution is 6.04. The first kappa shape index (κ1) is 17.8. The van der Waals surface area contributed by atoms with Crippen molar-refractivity contribution in [1.29, 1.82) is 0 Å². The van der Waals surface area contributed by atoms with Crippen LogP contribution in [-0.4, -0.2) is 29.1 Å². The summed E-state index contributed by atoms with van der Waals surface area (Å²) in [6.07, 6.45) is 0. The lowest BCUT2D eigenvalue weighted by molar-refractivity contribution is 0.0999. The number of nitrogens with two attached hydrogens (primary N) is 2. The molecule has 0 bridgehead atoms. The van der Waals surface area contributed by atoms with Crippen LogP contribution in [0.1, 0.15) is 20.7 Å². The number of hydrogen-bond donors (Lipinski definition) is 5. The van der Waals surface area contributed by atoms with E-state index in [4.69, 9.17) is 16.2 Å². The maximum atomic E-state index is 12.3. The van der Waals surface area contributed by atoms with Gasteiger partial charge in [-0.3, -0.25) is 14.7 Å². The molecular formula is C18H18N6O3. The van der Waals surface area contributed by atoms with Crippen molar-refractivity contribution in [2.75, 3.05) is 23.5 Å². The van der Waals surface area contributed by atoms with Crippen LogP contribution in [0.4, 0.5) is 23.0 Å². The van der Waals surface area contributed by atoms with Gasteiger partial charge in [0.25, 0.3) is 11.8 Å². The minimum atomic E-state index is -0.688. The Balaban J connectivity index is 1.68. The summed E-state index contributed by atoms with van der Waals surface area (Å²) in [6, 6.07) is 13.7. The Morgan fingerprint density at radius 3 is 2.26 bits per heavy atom. The Morgan fingerprint density at radius 2 is 1.67 bits per heavy atom. The Hall–Kier alpha value is -4.01. The van der Waals surface area contributed by atoms with Gasteiger partial charge in [0.2, 0.25) is 0 Å². The number of aromatic nitrogens is 2. The van der Waals surface area contributed by atoms with Crippen molar-refractivity contribution in [3.63, 3.8) is 0 Å². The van der Waals surface area contributed by atoms with Crippen LogP contribution in [0.2, 0.25) is 0 Å². The van der Waals surface area contributed by atoms with E-state index in [2.05, 4.69) is 20.8 Å². The SMILES string of the molecule is COc1ccc(C(=O)Nc2ccc(Nc3n[nH]c(N)c3C(N)=O)cc2)cc1. The van der Waals surface area contributed by atoms with Crippen molar-refractivity contribution in [3.8, 4) is 5.75 Å². The molecule has 3 aromatic rings. The number of anilines is 4. The second-order valence-corrected chi connectivity index (χ2v) is 5.61. The number of primary amides is 1. The lowest BCUT2D eigenvalue weighted by atomic mass is 10.2. The summed E-state index contributed by atoms with van der Waals surface area (Å²) in [5, 5.41) is 12.2. The molecule has 7 N–H and O–H groups in total. The number of benzene rings is 2. The van der Waals surface area contributed by atoms with Gasteiger partial charge >= 0.3 is 0 Å². The quantitative estimate of drug-likeness (QED) is 0.451. The Morgan fingerprint density at radius 1 is 1.04 bits per heavy atom. The molecule has 2 amide bonds. The molecule has 0 saturated heterocycles. The largest absolute Gasteiger partial charge is 0.497 e. The van der Waals surface area contributed by atoms with Gasteiger partial charge in [-0.1, -0.05) is 0 Å². The van der Waals surface area contributed by atoms with Crippen LogP contribution in [0.15, 0.2) is 48.5 Å². The Bertz CT molecular complexity index is 964. The highest BCUT2D eigenvalue weighted by atomic mass is 16.5. The standard InChI is InChI=1S/C18H18N6O3/c1-27-13-8-2-10(3-9-13)18(26)22-12-6-4-11(5-7-12)21-17-14(16(20)25)15(19)23-24-17/h2-9H,1H3,(H2,20,25)(H,22,26)(H4,19,21,23,24). The molecule has 0 saturated carbocycles. The van der Waals surface area contributed by atoms with Gasteiger partial charge in [-0.15, -0.1) is 0 Å². The predicted molar refractivity (Wildman–Crippen MR) is 102 cm³/mol. The van der Waals surface area contributed by atoms with Gasteiger partial charge in [0.05, 0.1) is 7.11 Å². The van der Waals surface area contributed by atoms with E-state index in [1.165, 1.54) is 0 Å². The van der Waals surface area contributed by atoms with Gasteiger partial charge in [-0.2, -0.15) is 5.10 Å². The average Bonchev–Trinajstić information content (AvgIpc) is 3.03. The van der Waals surface area contributed by atoms with E-state index in [9.17, 15) is 9.59 Å². The molecular weight excluding hydrogens is 348 g/mol. The van der Waals surface area contributed by atoms with Crippen molar-refractivity contribution in [1.82, 2.24) is 10.2 Å². The highest BCUT2D eigenvalue weighted by Crippen LogP contribution is 2.23. The van der Waals surface area contributed by atoms with Crippen LogP contribution in [0.5, 0.6) is 5.75 Å². The van der Waals surface area contributed by atoms with Gasteiger partial charge in [-0.05, 0) is 48.5 Å². The van der Waals surface area contributed by atoms with E-state index < -0.39 is 5.91 Å². The normalized spacial score (nSPS) is 10.3. The number of nitrogens with one attached hydrogen (secondary N) is 3. The van der Waals surface area contributed by atoms with Gasteiger partial charge in [-0.25, -0.2) is 0 Å². The molecule has 0 aliphatic heterocycles. The number of aromatic amines is 1. The topological polar surface area (TPSA) is 148 Å². The van der Waals surface area contributed by atoms with Crippen molar-refractivity contribution in [3.05, 3.63) is 59.7 Å². The maximum Gasteiger partial charge on any atom is 0.256 e. The van der Waals surface area contributed by atoms with Crippen LogP contribution in [-0.2, 0) is 0 Å². The van der Waals surface area contributed by atoms with Crippen LogP contribution < -0.4 is 26.8 Å². The number of hydrogen-bond acceptors (Lipinski definition) is 6. The number of carbonyl (C=O) groups excluding carboxylic acids is 2. The molecule has 0 aliphatic rings. The van der Waals surface area contributed by atoms with E-state index in [0.717, 1.165) is 0 Å². The summed E-state index contributed by atoms with van der Waals surface area (Å²) in [5.74, 6) is 0.0706. The molecule has 1 aromatic heterocycles. The fourth-order valence-corrected chi connectivity index (χ4v) is 2.41. The minimum Gasteiger partial charge on any atom is -0.497 e. The van der Waals surface area contributed by atoms with Gasteiger partial charge in [0, 0.05) is 16.9 Å². The summed E-state index contributed by atoms with van der Waals surface area (Å²) in [4.78, 5) is 23.7. The second-order valence-electron chi connectivity index (χ2n) is 5.61. The molecule has 3 rings (SSSR count). The molecule has 138 valence electrons. The molecule has 0 unspecified atom stereocenters. The molecule has 1 heterocycles. The highest BCUT2D eigenvalue weighted by Gasteiger charge is 2.16. The van der Waals surface area contributed by atoms with Crippen molar-refractivity contribution >= 4 is 34.8 Å². The van der Waals surface area contributed by atoms with Crippen LogP contribution in [0.25, 0.3) is 0 Å². The summed E-state index contributed by atoms with van der Waals surface area (Å²) in [7, 11) is 1.56. The van der Waals surface area contributed by atoms with Gasteiger partial charge in [0.1, 0.15) is 17.1 Å². The van der Waals surface area contributed by atoms with Gasteiger partial charge < -0.3 is 26.8 Å². The zero-order chi connectivity index (χ0) is 19.4. The molecule has 0 spiro atoms. The number of nitrogens with zero attached hydrogens (tertiary/aromatic N) is 1. The minimum absolute atomic E-state index is 0.0897. The zero-order valence-corrected chi connectivity index (χ0v) is 14.4. The lowest BCUT2D eigenvalue weighted by Gasteiger charge is -2.08. The zero-order valence-electron chi connectivity index (χ0n) is 14.4. The first-order chi connectivity index (χ1) is 13.0. The Labute approximate surface area is 154 Å². The van der Waals surface area contributed by atoms with E-state index in [1.807, 2.05) is 0 Å². The van der Waals surface area contributed by atoms with Crippen molar-refractivity contribution < 1.29 is 14.3 Å².